The van der Waals surface area contributed by atoms with Crippen LogP contribution in [0.2, 0.25) is 0 Å². The number of ether oxygens (including phenoxy) is 1. The van der Waals surface area contributed by atoms with E-state index in [4.69, 9.17) is 10.5 Å². The van der Waals surface area contributed by atoms with E-state index in [0.29, 0.717) is 19.5 Å². The van der Waals surface area contributed by atoms with Gasteiger partial charge in [0.1, 0.15) is 5.60 Å². The minimum absolute atomic E-state index is 0.105. The van der Waals surface area contributed by atoms with Crippen LogP contribution in [0.1, 0.15) is 46.5 Å². The van der Waals surface area contributed by atoms with E-state index in [1.165, 1.54) is 0 Å². The van der Waals surface area contributed by atoms with E-state index in [-0.39, 0.29) is 18.4 Å². The van der Waals surface area contributed by atoms with Gasteiger partial charge < -0.3 is 15.4 Å². The highest BCUT2D eigenvalue weighted by molar-refractivity contribution is 5.68. The summed E-state index contributed by atoms with van der Waals surface area (Å²) in [6, 6.07) is 0. The second-order valence-electron chi connectivity index (χ2n) is 6.53. The first-order valence-corrected chi connectivity index (χ1v) is 7.19. The Kier molecular flexibility index (Phi) is 5.74. The molecule has 0 aromatic heterocycles. The van der Waals surface area contributed by atoms with Gasteiger partial charge in [-0.05, 0) is 46.0 Å². The molecule has 1 amide bonds. The topological polar surface area (TPSA) is 55.6 Å². The van der Waals surface area contributed by atoms with Crippen molar-refractivity contribution in [2.24, 2.45) is 11.7 Å². The van der Waals surface area contributed by atoms with Crippen molar-refractivity contribution in [2.45, 2.75) is 58.0 Å². The quantitative estimate of drug-likeness (QED) is 0.866. The van der Waals surface area contributed by atoms with Gasteiger partial charge in [-0.3, -0.25) is 0 Å². The highest BCUT2D eigenvalue weighted by Gasteiger charge is 2.31. The lowest BCUT2D eigenvalue weighted by Gasteiger charge is -2.34. The summed E-state index contributed by atoms with van der Waals surface area (Å²) < 4.78 is 31.6. The predicted molar refractivity (Wildman–Crippen MR) is 73.8 cm³/mol. The summed E-state index contributed by atoms with van der Waals surface area (Å²) in [5.41, 5.74) is 4.50. The van der Waals surface area contributed by atoms with E-state index in [2.05, 4.69) is 0 Å². The van der Waals surface area contributed by atoms with Crippen LogP contribution in [0.25, 0.3) is 0 Å². The molecule has 0 radical (unpaired) electrons. The first-order chi connectivity index (χ1) is 9.13. The zero-order chi connectivity index (χ0) is 15.4. The van der Waals surface area contributed by atoms with Crippen LogP contribution in [-0.2, 0) is 4.74 Å². The Morgan fingerprint density at radius 2 is 2.05 bits per heavy atom. The minimum atomic E-state index is -2.80. The Balaban J connectivity index is 2.44. The zero-order valence-electron chi connectivity index (χ0n) is 12.6. The van der Waals surface area contributed by atoms with Crippen molar-refractivity contribution in [2.75, 3.05) is 19.6 Å². The summed E-state index contributed by atoms with van der Waals surface area (Å²) in [6.45, 7) is 5.96. The lowest BCUT2D eigenvalue weighted by Crippen LogP contribution is -2.43. The fraction of sp³-hybridized carbons (Fsp3) is 0.929. The standard InChI is InChI=1S/C14H26F2N2O2/c1-13(2,3)20-12(19)18-8-4-5-11(9-18)6-7-14(15,16)10-17/h11H,4-10,17H2,1-3H3. The maximum absolute atomic E-state index is 13.2. The molecule has 1 aliphatic rings. The maximum atomic E-state index is 13.2. The van der Waals surface area contributed by atoms with Gasteiger partial charge in [0.05, 0.1) is 6.54 Å². The Morgan fingerprint density at radius 1 is 1.40 bits per heavy atom. The average Bonchev–Trinajstić information content (AvgIpc) is 2.35. The number of carbonyl (C=O) groups is 1. The maximum Gasteiger partial charge on any atom is 0.410 e. The van der Waals surface area contributed by atoms with Crippen molar-refractivity contribution in [1.82, 2.24) is 4.90 Å². The molecular formula is C14H26F2N2O2. The van der Waals surface area contributed by atoms with Crippen LogP contribution >= 0.6 is 0 Å². The molecule has 0 spiro atoms. The molecule has 1 unspecified atom stereocenters. The number of halogens is 2. The van der Waals surface area contributed by atoms with Crippen LogP contribution in [0.3, 0.4) is 0 Å². The monoisotopic (exact) mass is 292 g/mol. The Hall–Kier alpha value is -0.910. The molecule has 1 saturated heterocycles. The third-order valence-electron chi connectivity index (χ3n) is 3.39. The molecule has 4 nitrogen and oxygen atoms in total. The Bertz CT molecular complexity index is 330. The van der Waals surface area contributed by atoms with Gasteiger partial charge in [-0.1, -0.05) is 0 Å². The summed E-state index contributed by atoms with van der Waals surface area (Å²) in [7, 11) is 0. The number of nitrogens with two attached hydrogens (primary N) is 1. The molecule has 0 bridgehead atoms. The van der Waals surface area contributed by atoms with E-state index in [9.17, 15) is 13.6 Å². The van der Waals surface area contributed by atoms with Gasteiger partial charge in [-0.2, -0.15) is 0 Å². The third kappa shape index (κ3) is 6.03. The number of nitrogens with zero attached hydrogens (tertiary/aromatic N) is 1. The van der Waals surface area contributed by atoms with Crippen LogP contribution in [0, 0.1) is 5.92 Å². The average molecular weight is 292 g/mol. The highest BCUT2D eigenvalue weighted by Crippen LogP contribution is 2.27. The number of hydrogen-bond donors (Lipinski definition) is 1. The molecule has 1 fully saturated rings. The van der Waals surface area contributed by atoms with E-state index >= 15 is 0 Å². The lowest BCUT2D eigenvalue weighted by atomic mass is 9.92. The summed E-state index contributed by atoms with van der Waals surface area (Å²) in [5.74, 6) is -2.69. The number of carbonyl (C=O) groups excluding carboxylic acids is 1. The first kappa shape index (κ1) is 17.1. The number of hydrogen-bond acceptors (Lipinski definition) is 3. The SMILES string of the molecule is CC(C)(C)OC(=O)N1CCCC(CCC(F)(F)CN)C1. The summed E-state index contributed by atoms with van der Waals surface area (Å²) >= 11 is 0. The van der Waals surface area contributed by atoms with Crippen LogP contribution in [0.5, 0.6) is 0 Å². The number of amides is 1. The number of piperidine rings is 1. The van der Waals surface area contributed by atoms with Gasteiger partial charge in [0.15, 0.2) is 0 Å². The van der Waals surface area contributed by atoms with Gasteiger partial charge in [0, 0.05) is 19.5 Å². The molecule has 0 aromatic rings. The lowest BCUT2D eigenvalue weighted by molar-refractivity contribution is -0.00994. The normalized spacial score (nSPS) is 20.9. The summed E-state index contributed by atoms with van der Waals surface area (Å²) in [4.78, 5) is 13.6. The molecule has 1 rings (SSSR count). The van der Waals surface area contributed by atoms with Crippen LogP contribution < -0.4 is 5.73 Å². The molecule has 118 valence electrons. The molecule has 6 heteroatoms. The molecule has 0 saturated carbocycles. The molecule has 1 aliphatic heterocycles. The van der Waals surface area contributed by atoms with Gasteiger partial charge in [0.25, 0.3) is 5.92 Å². The molecule has 1 atom stereocenters. The predicted octanol–water partition coefficient (Wildman–Crippen LogP) is 3.01. The fourth-order valence-corrected chi connectivity index (χ4v) is 2.31. The number of likely N-dealkylation sites (tertiary alicyclic amines) is 1. The summed E-state index contributed by atoms with van der Waals surface area (Å²) in [5, 5.41) is 0. The van der Waals surface area contributed by atoms with E-state index in [0.717, 1.165) is 12.8 Å². The number of alkyl halides is 2. The van der Waals surface area contributed by atoms with Crippen molar-refractivity contribution < 1.29 is 18.3 Å². The minimum Gasteiger partial charge on any atom is -0.444 e. The third-order valence-corrected chi connectivity index (χ3v) is 3.39. The van der Waals surface area contributed by atoms with Crippen molar-refractivity contribution in [3.05, 3.63) is 0 Å². The molecule has 0 aliphatic carbocycles. The fourth-order valence-electron chi connectivity index (χ4n) is 2.31. The van der Waals surface area contributed by atoms with Gasteiger partial charge >= 0.3 is 6.09 Å². The largest absolute Gasteiger partial charge is 0.444 e. The highest BCUT2D eigenvalue weighted by atomic mass is 19.3. The van der Waals surface area contributed by atoms with E-state index in [1.54, 1.807) is 4.90 Å². The van der Waals surface area contributed by atoms with Crippen molar-refractivity contribution in [3.63, 3.8) is 0 Å². The zero-order valence-corrected chi connectivity index (χ0v) is 12.6. The summed E-state index contributed by atoms with van der Waals surface area (Å²) in [6.07, 6.45) is 1.53. The van der Waals surface area contributed by atoms with Crippen LogP contribution in [-0.4, -0.2) is 42.2 Å². The molecule has 2 N–H and O–H groups in total. The molecule has 0 aromatic carbocycles. The van der Waals surface area contributed by atoms with Crippen LogP contribution in [0.4, 0.5) is 13.6 Å². The van der Waals surface area contributed by atoms with E-state index < -0.39 is 18.1 Å². The molecule has 20 heavy (non-hydrogen) atoms. The second kappa shape index (κ2) is 6.70. The second-order valence-corrected chi connectivity index (χ2v) is 6.53. The Labute approximate surface area is 119 Å². The van der Waals surface area contributed by atoms with Gasteiger partial charge in [0.2, 0.25) is 0 Å². The Morgan fingerprint density at radius 3 is 2.60 bits per heavy atom. The molecule has 1 heterocycles. The molecular weight excluding hydrogens is 266 g/mol. The smallest absolute Gasteiger partial charge is 0.410 e. The van der Waals surface area contributed by atoms with Gasteiger partial charge in [-0.15, -0.1) is 0 Å². The van der Waals surface area contributed by atoms with Crippen molar-refractivity contribution >= 4 is 6.09 Å². The van der Waals surface area contributed by atoms with Gasteiger partial charge in [-0.25, -0.2) is 13.6 Å². The van der Waals surface area contributed by atoms with Crippen LogP contribution in [0.15, 0.2) is 0 Å². The number of rotatable bonds is 4. The first-order valence-electron chi connectivity index (χ1n) is 7.19. The van der Waals surface area contributed by atoms with Crippen molar-refractivity contribution in [1.29, 1.82) is 0 Å². The van der Waals surface area contributed by atoms with Crippen molar-refractivity contribution in [3.8, 4) is 0 Å². The van der Waals surface area contributed by atoms with E-state index in [1.807, 2.05) is 20.8 Å².